The van der Waals surface area contributed by atoms with E-state index in [1.807, 2.05) is 39.0 Å². The molecular formula is C27H35N3O5. The molecule has 8 heteroatoms. The third-order valence-corrected chi connectivity index (χ3v) is 5.60. The second-order valence-electron chi connectivity index (χ2n) is 9.43. The fourth-order valence-corrected chi connectivity index (χ4v) is 4.04. The Labute approximate surface area is 206 Å². The number of nitrogen functional groups attached to an aromatic ring is 1. The number of aliphatic hydroxyl groups is 1. The highest BCUT2D eigenvalue weighted by Gasteiger charge is 2.24. The van der Waals surface area contributed by atoms with Gasteiger partial charge in [0.05, 0.1) is 35.8 Å². The Bertz CT molecular complexity index is 1210. The minimum Gasteiger partial charge on any atom is -0.497 e. The lowest BCUT2D eigenvalue weighted by Gasteiger charge is -2.27. The van der Waals surface area contributed by atoms with Crippen LogP contribution in [0.15, 0.2) is 36.4 Å². The number of pyridine rings is 1. The van der Waals surface area contributed by atoms with Crippen LogP contribution in [-0.2, 0) is 0 Å². The number of nitrogens with two attached hydrogens (primary N) is 1. The molecule has 0 aliphatic heterocycles. The maximum Gasteiger partial charge on any atom is 0.252 e. The number of aryl methyl sites for hydroxylation is 1. The standard InChI is InChI=1S/C27H35N3O5/c1-16(2)23-17(3)29-21-8-7-9-22(24(21)25(23)28)35-15-27(4,5)30-26(32)18-12-19(33-6)14-20(13-18)34-11-10-31/h7-9,12-14,16,31H,10-11,15H2,1-6H3,(H2,28,29)(H,30,32). The Kier molecular flexibility index (Phi) is 8.07. The summed E-state index contributed by atoms with van der Waals surface area (Å²) in [6.45, 7) is 10.1. The molecule has 0 bridgehead atoms. The molecule has 1 aromatic heterocycles. The fourth-order valence-electron chi connectivity index (χ4n) is 4.04. The molecule has 2 aromatic carbocycles. The van der Waals surface area contributed by atoms with Gasteiger partial charge in [-0.1, -0.05) is 19.9 Å². The molecule has 4 N–H and O–H groups in total. The molecule has 35 heavy (non-hydrogen) atoms. The number of rotatable bonds is 10. The molecule has 3 rings (SSSR count). The van der Waals surface area contributed by atoms with Crippen molar-refractivity contribution in [1.29, 1.82) is 0 Å². The minimum atomic E-state index is -0.706. The molecule has 3 aromatic rings. The van der Waals surface area contributed by atoms with E-state index in [4.69, 9.17) is 30.0 Å². The Hall–Kier alpha value is -3.52. The first-order chi connectivity index (χ1) is 16.6. The van der Waals surface area contributed by atoms with Crippen molar-refractivity contribution in [2.45, 2.75) is 46.1 Å². The summed E-state index contributed by atoms with van der Waals surface area (Å²) in [7, 11) is 1.52. The number of carbonyl (C=O) groups excluding carboxylic acids is 1. The summed E-state index contributed by atoms with van der Waals surface area (Å²) in [4.78, 5) is 17.8. The first kappa shape index (κ1) is 26.1. The van der Waals surface area contributed by atoms with Gasteiger partial charge in [-0.3, -0.25) is 9.78 Å². The number of methoxy groups -OCH3 is 1. The van der Waals surface area contributed by atoms with Crippen molar-refractivity contribution in [3.05, 3.63) is 53.2 Å². The second kappa shape index (κ2) is 10.8. The van der Waals surface area contributed by atoms with Crippen LogP contribution in [-0.4, -0.2) is 48.5 Å². The molecular weight excluding hydrogens is 446 g/mol. The summed E-state index contributed by atoms with van der Waals surface area (Å²) in [6, 6.07) is 10.6. The number of benzene rings is 2. The van der Waals surface area contributed by atoms with E-state index in [1.54, 1.807) is 18.2 Å². The number of carbonyl (C=O) groups is 1. The minimum absolute atomic E-state index is 0.120. The lowest BCUT2D eigenvalue weighted by atomic mass is 9.96. The van der Waals surface area contributed by atoms with E-state index >= 15 is 0 Å². The monoisotopic (exact) mass is 481 g/mol. The van der Waals surface area contributed by atoms with Gasteiger partial charge in [0, 0.05) is 17.3 Å². The van der Waals surface area contributed by atoms with Crippen LogP contribution in [0.1, 0.15) is 55.2 Å². The highest BCUT2D eigenvalue weighted by Crippen LogP contribution is 2.36. The molecule has 0 unspecified atom stereocenters. The molecule has 0 aliphatic carbocycles. The van der Waals surface area contributed by atoms with E-state index in [0.29, 0.717) is 28.5 Å². The third kappa shape index (κ3) is 6.14. The van der Waals surface area contributed by atoms with E-state index in [0.717, 1.165) is 22.2 Å². The average Bonchev–Trinajstić information content (AvgIpc) is 2.80. The largest absolute Gasteiger partial charge is 0.497 e. The highest BCUT2D eigenvalue weighted by atomic mass is 16.5. The molecule has 0 saturated heterocycles. The lowest BCUT2D eigenvalue weighted by molar-refractivity contribution is 0.0880. The van der Waals surface area contributed by atoms with Gasteiger partial charge in [-0.2, -0.15) is 0 Å². The number of nitrogens with one attached hydrogen (secondary N) is 1. The number of ether oxygens (including phenoxy) is 3. The average molecular weight is 482 g/mol. The normalized spacial score (nSPS) is 11.5. The number of hydrogen-bond donors (Lipinski definition) is 3. The van der Waals surface area contributed by atoms with Crippen molar-refractivity contribution >= 4 is 22.5 Å². The van der Waals surface area contributed by atoms with E-state index < -0.39 is 5.54 Å². The van der Waals surface area contributed by atoms with Crippen LogP contribution < -0.4 is 25.3 Å². The molecule has 1 heterocycles. The predicted octanol–water partition coefficient (Wildman–Crippen LogP) is 4.22. The van der Waals surface area contributed by atoms with Crippen LogP contribution in [0.4, 0.5) is 5.69 Å². The van der Waals surface area contributed by atoms with E-state index in [-0.39, 0.29) is 31.6 Å². The number of aliphatic hydroxyl groups excluding tert-OH is 1. The van der Waals surface area contributed by atoms with Crippen LogP contribution in [0.5, 0.6) is 17.2 Å². The van der Waals surface area contributed by atoms with Gasteiger partial charge in [-0.25, -0.2) is 0 Å². The Morgan fingerprint density at radius 1 is 1.17 bits per heavy atom. The molecule has 0 atom stereocenters. The lowest BCUT2D eigenvalue weighted by Crippen LogP contribution is -2.47. The second-order valence-corrected chi connectivity index (χ2v) is 9.43. The van der Waals surface area contributed by atoms with Crippen LogP contribution >= 0.6 is 0 Å². The first-order valence-corrected chi connectivity index (χ1v) is 11.6. The number of amides is 1. The predicted molar refractivity (Wildman–Crippen MR) is 138 cm³/mol. The van der Waals surface area contributed by atoms with Crippen LogP contribution in [0.3, 0.4) is 0 Å². The fraction of sp³-hybridized carbons (Fsp3) is 0.407. The van der Waals surface area contributed by atoms with Gasteiger partial charge in [-0.15, -0.1) is 0 Å². The maximum atomic E-state index is 13.0. The van der Waals surface area contributed by atoms with Gasteiger partial charge in [0.1, 0.15) is 30.5 Å². The molecule has 0 aliphatic rings. The quantitative estimate of drug-likeness (QED) is 0.397. The van der Waals surface area contributed by atoms with Crippen molar-refractivity contribution in [1.82, 2.24) is 10.3 Å². The number of anilines is 1. The Morgan fingerprint density at radius 2 is 1.89 bits per heavy atom. The third-order valence-electron chi connectivity index (χ3n) is 5.60. The molecule has 0 saturated carbocycles. The SMILES string of the molecule is COc1cc(OCCO)cc(C(=O)NC(C)(C)COc2cccc3nc(C)c(C(C)C)c(N)c23)c1. The summed E-state index contributed by atoms with van der Waals surface area (Å²) in [5, 5.41) is 12.8. The van der Waals surface area contributed by atoms with Gasteiger partial charge in [0.25, 0.3) is 5.91 Å². The molecule has 0 spiro atoms. The number of fused-ring (bicyclic) bond motifs is 1. The van der Waals surface area contributed by atoms with E-state index in [1.165, 1.54) is 7.11 Å². The topological polar surface area (TPSA) is 116 Å². The van der Waals surface area contributed by atoms with Gasteiger partial charge in [-0.05, 0) is 56.5 Å². The van der Waals surface area contributed by atoms with Crippen LogP contribution in [0, 0.1) is 6.92 Å². The Morgan fingerprint density at radius 3 is 2.54 bits per heavy atom. The smallest absolute Gasteiger partial charge is 0.252 e. The molecule has 8 nitrogen and oxygen atoms in total. The van der Waals surface area contributed by atoms with Gasteiger partial charge < -0.3 is 30.4 Å². The maximum absolute atomic E-state index is 13.0. The van der Waals surface area contributed by atoms with Crippen LogP contribution in [0.25, 0.3) is 10.9 Å². The van der Waals surface area contributed by atoms with Crippen molar-refractivity contribution in [3.8, 4) is 17.2 Å². The van der Waals surface area contributed by atoms with Gasteiger partial charge >= 0.3 is 0 Å². The highest BCUT2D eigenvalue weighted by molar-refractivity contribution is 5.97. The Balaban J connectivity index is 1.81. The van der Waals surface area contributed by atoms with Crippen molar-refractivity contribution in [2.75, 3.05) is 32.7 Å². The van der Waals surface area contributed by atoms with E-state index in [2.05, 4.69) is 19.2 Å². The number of nitrogens with zero attached hydrogens (tertiary/aromatic N) is 1. The van der Waals surface area contributed by atoms with Crippen LogP contribution in [0.2, 0.25) is 0 Å². The summed E-state index contributed by atoms with van der Waals surface area (Å²) in [5.41, 5.74) is 9.61. The van der Waals surface area contributed by atoms with Gasteiger partial charge in [0.15, 0.2) is 0 Å². The zero-order chi connectivity index (χ0) is 25.8. The zero-order valence-corrected chi connectivity index (χ0v) is 21.3. The van der Waals surface area contributed by atoms with Gasteiger partial charge in [0.2, 0.25) is 0 Å². The zero-order valence-electron chi connectivity index (χ0n) is 21.3. The molecule has 1 amide bonds. The van der Waals surface area contributed by atoms with Crippen molar-refractivity contribution in [2.24, 2.45) is 0 Å². The molecule has 188 valence electrons. The molecule has 0 fully saturated rings. The number of aromatic nitrogens is 1. The number of hydrogen-bond acceptors (Lipinski definition) is 7. The van der Waals surface area contributed by atoms with Crippen molar-refractivity contribution < 1.29 is 24.1 Å². The summed E-state index contributed by atoms with van der Waals surface area (Å²) < 4.78 is 16.9. The summed E-state index contributed by atoms with van der Waals surface area (Å²) >= 11 is 0. The van der Waals surface area contributed by atoms with Crippen molar-refractivity contribution in [3.63, 3.8) is 0 Å². The summed E-state index contributed by atoms with van der Waals surface area (Å²) in [5.74, 6) is 1.47. The first-order valence-electron chi connectivity index (χ1n) is 11.6. The summed E-state index contributed by atoms with van der Waals surface area (Å²) in [6.07, 6.45) is 0. The van der Waals surface area contributed by atoms with E-state index in [9.17, 15) is 4.79 Å². The molecule has 0 radical (unpaired) electrons.